The minimum Gasteiger partial charge on any atom is -0.323 e. The molecule has 0 radical (unpaired) electrons. The summed E-state index contributed by atoms with van der Waals surface area (Å²) in [6.45, 7) is 4.11. The van der Waals surface area contributed by atoms with Crippen molar-refractivity contribution in [3.8, 4) is 0 Å². The van der Waals surface area contributed by atoms with Crippen molar-refractivity contribution in [2.45, 2.75) is 46.0 Å². The third-order valence-electron chi connectivity index (χ3n) is 1.87. The van der Waals surface area contributed by atoms with E-state index in [1.165, 1.54) is 12.8 Å². The van der Waals surface area contributed by atoms with Crippen LogP contribution in [0.25, 0.3) is 0 Å². The van der Waals surface area contributed by atoms with Crippen molar-refractivity contribution >= 4 is 11.4 Å². The second kappa shape index (κ2) is 6.83. The first-order valence-corrected chi connectivity index (χ1v) is 4.60. The van der Waals surface area contributed by atoms with E-state index in [-0.39, 0.29) is 0 Å². The standard InChI is InChI=1S/C9H19N3/c1-3-5-6-7-9(12-11)8(10)4-2/h10H,3-7,11H2,1-2H3/b10-8?,12-9-. The van der Waals surface area contributed by atoms with Crippen molar-refractivity contribution in [1.29, 1.82) is 5.41 Å². The molecule has 0 aliphatic heterocycles. The van der Waals surface area contributed by atoms with Crippen LogP contribution in [-0.4, -0.2) is 11.4 Å². The number of unbranched alkanes of at least 4 members (excludes halogenated alkanes) is 2. The van der Waals surface area contributed by atoms with Crippen LogP contribution in [0.3, 0.4) is 0 Å². The van der Waals surface area contributed by atoms with Gasteiger partial charge < -0.3 is 11.3 Å². The van der Waals surface area contributed by atoms with Gasteiger partial charge in [-0.05, 0) is 19.3 Å². The van der Waals surface area contributed by atoms with Crippen LogP contribution in [0.4, 0.5) is 0 Å². The van der Waals surface area contributed by atoms with Gasteiger partial charge in [-0.1, -0.05) is 26.7 Å². The zero-order valence-electron chi connectivity index (χ0n) is 8.06. The van der Waals surface area contributed by atoms with E-state index in [0.29, 0.717) is 5.71 Å². The topological polar surface area (TPSA) is 62.2 Å². The van der Waals surface area contributed by atoms with E-state index in [2.05, 4.69) is 12.0 Å². The van der Waals surface area contributed by atoms with Crippen molar-refractivity contribution in [3.05, 3.63) is 0 Å². The third-order valence-corrected chi connectivity index (χ3v) is 1.87. The Kier molecular flexibility index (Phi) is 6.34. The SMILES string of the molecule is CCCCC/C(=N/N)C(=N)CC. The van der Waals surface area contributed by atoms with Gasteiger partial charge in [0.2, 0.25) is 0 Å². The summed E-state index contributed by atoms with van der Waals surface area (Å²) < 4.78 is 0. The molecule has 0 bridgehead atoms. The number of hydrazone groups is 1. The van der Waals surface area contributed by atoms with Crippen LogP contribution in [0.1, 0.15) is 46.0 Å². The maximum Gasteiger partial charge on any atom is 0.0807 e. The van der Waals surface area contributed by atoms with Crippen molar-refractivity contribution in [2.75, 3.05) is 0 Å². The molecule has 3 heteroatoms. The molecule has 12 heavy (non-hydrogen) atoms. The maximum atomic E-state index is 7.52. The average molecular weight is 169 g/mol. The Balaban J connectivity index is 3.77. The number of hydrogen-bond donors (Lipinski definition) is 2. The molecule has 0 rings (SSSR count). The lowest BCUT2D eigenvalue weighted by molar-refractivity contribution is 0.742. The number of hydrogen-bond acceptors (Lipinski definition) is 3. The lowest BCUT2D eigenvalue weighted by atomic mass is 10.1. The summed E-state index contributed by atoms with van der Waals surface area (Å²) >= 11 is 0. The zero-order valence-corrected chi connectivity index (χ0v) is 8.06. The molecule has 0 fully saturated rings. The van der Waals surface area contributed by atoms with Crippen LogP contribution in [0.2, 0.25) is 0 Å². The van der Waals surface area contributed by atoms with Gasteiger partial charge in [0, 0.05) is 0 Å². The third kappa shape index (κ3) is 4.11. The van der Waals surface area contributed by atoms with E-state index in [1.807, 2.05) is 6.92 Å². The van der Waals surface area contributed by atoms with Crippen molar-refractivity contribution in [1.82, 2.24) is 0 Å². The van der Waals surface area contributed by atoms with Crippen LogP contribution in [-0.2, 0) is 0 Å². The summed E-state index contributed by atoms with van der Waals surface area (Å²) in [6.07, 6.45) is 5.06. The first-order chi connectivity index (χ1) is 5.76. The van der Waals surface area contributed by atoms with E-state index in [0.717, 1.165) is 25.0 Å². The highest BCUT2D eigenvalue weighted by molar-refractivity contribution is 6.40. The van der Waals surface area contributed by atoms with Gasteiger partial charge in [-0.3, -0.25) is 0 Å². The van der Waals surface area contributed by atoms with Crippen molar-refractivity contribution in [2.24, 2.45) is 10.9 Å². The average Bonchev–Trinajstić information content (AvgIpc) is 2.11. The molecule has 0 aromatic carbocycles. The lowest BCUT2D eigenvalue weighted by Crippen LogP contribution is -2.14. The first kappa shape index (κ1) is 11.1. The molecule has 0 aliphatic carbocycles. The summed E-state index contributed by atoms with van der Waals surface area (Å²) in [5, 5.41) is 11.1. The molecular weight excluding hydrogens is 150 g/mol. The second-order valence-electron chi connectivity index (χ2n) is 2.87. The van der Waals surface area contributed by atoms with Crippen molar-refractivity contribution < 1.29 is 0 Å². The first-order valence-electron chi connectivity index (χ1n) is 4.60. The number of nitrogens with one attached hydrogen (secondary N) is 1. The fourth-order valence-corrected chi connectivity index (χ4v) is 1.04. The molecule has 0 unspecified atom stereocenters. The Bertz CT molecular complexity index is 161. The minimum atomic E-state index is 0.577. The van der Waals surface area contributed by atoms with Crippen LogP contribution in [0.15, 0.2) is 5.10 Å². The molecule has 0 saturated heterocycles. The molecule has 0 amide bonds. The van der Waals surface area contributed by atoms with Crippen molar-refractivity contribution in [3.63, 3.8) is 0 Å². The molecule has 0 atom stereocenters. The molecule has 0 aromatic heterocycles. The summed E-state index contributed by atoms with van der Waals surface area (Å²) in [5.74, 6) is 5.18. The number of rotatable bonds is 6. The van der Waals surface area contributed by atoms with Gasteiger partial charge in [0.25, 0.3) is 0 Å². The highest BCUT2D eigenvalue weighted by Crippen LogP contribution is 2.02. The maximum absolute atomic E-state index is 7.52. The fourth-order valence-electron chi connectivity index (χ4n) is 1.04. The fraction of sp³-hybridized carbons (Fsp3) is 0.778. The molecule has 3 N–H and O–H groups in total. The molecule has 70 valence electrons. The zero-order chi connectivity index (χ0) is 9.40. The molecule has 0 aromatic rings. The van der Waals surface area contributed by atoms with Crippen LogP contribution >= 0.6 is 0 Å². The Hall–Kier alpha value is -0.860. The lowest BCUT2D eigenvalue weighted by Gasteiger charge is -2.03. The molecule has 0 saturated carbocycles. The van der Waals surface area contributed by atoms with E-state index in [9.17, 15) is 0 Å². The molecule has 0 aliphatic rings. The van der Waals surface area contributed by atoms with E-state index < -0.39 is 0 Å². The quantitative estimate of drug-likeness (QED) is 0.272. The Morgan fingerprint density at radius 1 is 1.33 bits per heavy atom. The Morgan fingerprint density at radius 3 is 2.42 bits per heavy atom. The minimum absolute atomic E-state index is 0.577. The van der Waals surface area contributed by atoms with Gasteiger partial charge in [-0.25, -0.2) is 0 Å². The smallest absolute Gasteiger partial charge is 0.0807 e. The van der Waals surface area contributed by atoms with Crippen LogP contribution in [0.5, 0.6) is 0 Å². The largest absolute Gasteiger partial charge is 0.323 e. The van der Waals surface area contributed by atoms with Crippen LogP contribution < -0.4 is 5.84 Å². The van der Waals surface area contributed by atoms with Gasteiger partial charge in [-0.2, -0.15) is 5.10 Å². The van der Waals surface area contributed by atoms with E-state index in [4.69, 9.17) is 11.3 Å². The van der Waals surface area contributed by atoms with Gasteiger partial charge in [0.1, 0.15) is 0 Å². The highest BCUT2D eigenvalue weighted by Gasteiger charge is 2.03. The Labute approximate surface area is 74.5 Å². The second-order valence-corrected chi connectivity index (χ2v) is 2.87. The molecular formula is C9H19N3. The summed E-state index contributed by atoms with van der Waals surface area (Å²) in [7, 11) is 0. The van der Waals surface area contributed by atoms with Crippen LogP contribution in [0, 0.1) is 5.41 Å². The molecule has 0 spiro atoms. The monoisotopic (exact) mass is 169 g/mol. The summed E-state index contributed by atoms with van der Waals surface area (Å²) in [6, 6.07) is 0. The highest BCUT2D eigenvalue weighted by atomic mass is 15.1. The predicted molar refractivity (Wildman–Crippen MR) is 53.8 cm³/mol. The van der Waals surface area contributed by atoms with E-state index in [1.54, 1.807) is 0 Å². The van der Waals surface area contributed by atoms with Gasteiger partial charge >= 0.3 is 0 Å². The number of nitrogens with zero attached hydrogens (tertiary/aromatic N) is 1. The Morgan fingerprint density at radius 2 is 2.00 bits per heavy atom. The van der Waals surface area contributed by atoms with Gasteiger partial charge in [-0.15, -0.1) is 0 Å². The van der Waals surface area contributed by atoms with E-state index >= 15 is 0 Å². The summed E-state index contributed by atoms with van der Waals surface area (Å²) in [4.78, 5) is 0. The van der Waals surface area contributed by atoms with Gasteiger partial charge in [0.05, 0.1) is 11.4 Å². The summed E-state index contributed by atoms with van der Waals surface area (Å²) in [5.41, 5.74) is 1.35. The number of nitrogens with two attached hydrogens (primary N) is 1. The molecule has 0 heterocycles. The normalized spacial score (nSPS) is 11.7. The predicted octanol–water partition coefficient (Wildman–Crippen LogP) is 2.31. The molecule has 3 nitrogen and oxygen atoms in total. The van der Waals surface area contributed by atoms with Gasteiger partial charge in [0.15, 0.2) is 0 Å².